The highest BCUT2D eigenvalue weighted by atomic mass is 16.7. The van der Waals surface area contributed by atoms with Gasteiger partial charge in [0, 0.05) is 13.0 Å². The summed E-state index contributed by atoms with van der Waals surface area (Å²) in [4.78, 5) is 2.33. The minimum absolute atomic E-state index is 0.318. The number of rotatable bonds is 6. The Bertz CT molecular complexity index is 440. The molecule has 96 valence electrons. The maximum absolute atomic E-state index is 8.55. The second-order valence-corrected chi connectivity index (χ2v) is 4.32. The average molecular weight is 246 g/mol. The second kappa shape index (κ2) is 6.27. The van der Waals surface area contributed by atoms with Gasteiger partial charge in [0.2, 0.25) is 6.79 Å². The molecule has 0 radical (unpaired) electrons. The summed E-state index contributed by atoms with van der Waals surface area (Å²) in [5, 5.41) is 8.55. The van der Waals surface area contributed by atoms with Crippen molar-refractivity contribution in [1.29, 1.82) is 5.26 Å². The van der Waals surface area contributed by atoms with Gasteiger partial charge < -0.3 is 9.47 Å². The molecule has 0 saturated carbocycles. The lowest BCUT2D eigenvalue weighted by Crippen LogP contribution is -2.23. The van der Waals surface area contributed by atoms with Crippen molar-refractivity contribution >= 4 is 0 Å². The van der Waals surface area contributed by atoms with E-state index in [0.29, 0.717) is 13.2 Å². The lowest BCUT2D eigenvalue weighted by molar-refractivity contribution is 0.174. The highest BCUT2D eigenvalue weighted by Crippen LogP contribution is 2.32. The molecule has 4 heteroatoms. The monoisotopic (exact) mass is 246 g/mol. The molecule has 0 aromatic heterocycles. The van der Waals surface area contributed by atoms with Crippen molar-refractivity contribution in [3.8, 4) is 17.6 Å². The van der Waals surface area contributed by atoms with E-state index in [4.69, 9.17) is 14.7 Å². The van der Waals surface area contributed by atoms with Crippen LogP contribution in [0.4, 0.5) is 0 Å². The number of nitriles is 1. The molecular weight excluding hydrogens is 228 g/mol. The minimum atomic E-state index is 0.318. The fraction of sp³-hybridized carbons (Fsp3) is 0.500. The summed E-state index contributed by atoms with van der Waals surface area (Å²) in [5.41, 5.74) is 1.22. The maximum atomic E-state index is 8.55. The zero-order chi connectivity index (χ0) is 12.8. The van der Waals surface area contributed by atoms with Crippen LogP contribution in [-0.2, 0) is 6.54 Å². The third kappa shape index (κ3) is 3.14. The highest BCUT2D eigenvalue weighted by molar-refractivity contribution is 5.44. The first-order valence-corrected chi connectivity index (χ1v) is 6.31. The maximum Gasteiger partial charge on any atom is 0.231 e. The van der Waals surface area contributed by atoms with E-state index in [1.165, 1.54) is 5.56 Å². The highest BCUT2D eigenvalue weighted by Gasteiger charge is 2.14. The molecule has 0 saturated heterocycles. The van der Waals surface area contributed by atoms with E-state index in [9.17, 15) is 0 Å². The van der Waals surface area contributed by atoms with Gasteiger partial charge in [0.1, 0.15) is 0 Å². The fourth-order valence-corrected chi connectivity index (χ4v) is 2.03. The van der Waals surface area contributed by atoms with Crippen molar-refractivity contribution in [3.63, 3.8) is 0 Å². The van der Waals surface area contributed by atoms with Crippen LogP contribution in [0.1, 0.15) is 25.3 Å². The molecule has 1 heterocycles. The molecular formula is C14H18N2O2. The quantitative estimate of drug-likeness (QED) is 0.724. The normalized spacial score (nSPS) is 12.7. The lowest BCUT2D eigenvalue weighted by atomic mass is 10.2. The molecule has 0 N–H and O–H groups in total. The standard InChI is InChI=1S/C14H18N2O2/c1-2-16(8-4-3-7-15)10-12-5-6-13-14(9-12)18-11-17-13/h5-6,9H,2-4,8,10-11H2,1H3. The molecule has 1 aromatic carbocycles. The Morgan fingerprint density at radius 1 is 1.33 bits per heavy atom. The van der Waals surface area contributed by atoms with Gasteiger partial charge in [-0.05, 0) is 37.2 Å². The summed E-state index contributed by atoms with van der Waals surface area (Å²) in [7, 11) is 0. The SMILES string of the molecule is CCN(CCCC#N)Cc1ccc2c(c1)OCO2. The zero-order valence-corrected chi connectivity index (χ0v) is 10.7. The van der Waals surface area contributed by atoms with E-state index in [2.05, 4.69) is 24.0 Å². The fourth-order valence-electron chi connectivity index (χ4n) is 2.03. The molecule has 0 atom stereocenters. The van der Waals surface area contributed by atoms with Gasteiger partial charge in [-0.1, -0.05) is 13.0 Å². The van der Waals surface area contributed by atoms with Crippen molar-refractivity contribution < 1.29 is 9.47 Å². The van der Waals surface area contributed by atoms with Crippen molar-refractivity contribution in [2.24, 2.45) is 0 Å². The Labute approximate surface area is 108 Å². The Hall–Kier alpha value is -1.73. The van der Waals surface area contributed by atoms with Gasteiger partial charge in [-0.3, -0.25) is 4.90 Å². The van der Waals surface area contributed by atoms with Gasteiger partial charge in [0.25, 0.3) is 0 Å². The number of nitrogens with zero attached hydrogens (tertiary/aromatic N) is 2. The molecule has 4 nitrogen and oxygen atoms in total. The van der Waals surface area contributed by atoms with Crippen molar-refractivity contribution in [2.45, 2.75) is 26.3 Å². The zero-order valence-electron chi connectivity index (χ0n) is 10.7. The van der Waals surface area contributed by atoms with Crippen LogP contribution in [0.3, 0.4) is 0 Å². The summed E-state index contributed by atoms with van der Waals surface area (Å²) in [6, 6.07) is 8.25. The average Bonchev–Trinajstić information content (AvgIpc) is 2.85. The summed E-state index contributed by atoms with van der Waals surface area (Å²) in [5.74, 6) is 1.66. The van der Waals surface area contributed by atoms with E-state index < -0.39 is 0 Å². The topological polar surface area (TPSA) is 45.5 Å². The Kier molecular flexibility index (Phi) is 4.43. The predicted molar refractivity (Wildman–Crippen MR) is 68.4 cm³/mol. The third-order valence-electron chi connectivity index (χ3n) is 3.05. The van der Waals surface area contributed by atoms with Crippen LogP contribution in [0.5, 0.6) is 11.5 Å². The first-order chi connectivity index (χ1) is 8.83. The largest absolute Gasteiger partial charge is 0.454 e. The van der Waals surface area contributed by atoms with Crippen LogP contribution in [0.15, 0.2) is 18.2 Å². The van der Waals surface area contributed by atoms with E-state index >= 15 is 0 Å². The smallest absolute Gasteiger partial charge is 0.231 e. The van der Waals surface area contributed by atoms with Crippen LogP contribution in [-0.4, -0.2) is 24.8 Å². The van der Waals surface area contributed by atoms with Crippen LogP contribution >= 0.6 is 0 Å². The van der Waals surface area contributed by atoms with Crippen LogP contribution < -0.4 is 9.47 Å². The molecule has 1 aliphatic heterocycles. The van der Waals surface area contributed by atoms with Crippen LogP contribution in [0.2, 0.25) is 0 Å². The number of hydrogen-bond donors (Lipinski definition) is 0. The second-order valence-electron chi connectivity index (χ2n) is 4.32. The number of fused-ring (bicyclic) bond motifs is 1. The van der Waals surface area contributed by atoms with Gasteiger partial charge in [0.05, 0.1) is 6.07 Å². The van der Waals surface area contributed by atoms with Crippen molar-refractivity contribution in [3.05, 3.63) is 23.8 Å². The van der Waals surface area contributed by atoms with E-state index in [-0.39, 0.29) is 0 Å². The Morgan fingerprint density at radius 2 is 2.17 bits per heavy atom. The van der Waals surface area contributed by atoms with Gasteiger partial charge in [-0.15, -0.1) is 0 Å². The van der Waals surface area contributed by atoms with Crippen molar-refractivity contribution in [2.75, 3.05) is 19.9 Å². The van der Waals surface area contributed by atoms with Crippen molar-refractivity contribution in [1.82, 2.24) is 4.90 Å². The predicted octanol–water partition coefficient (Wildman–Crippen LogP) is 2.54. The first-order valence-electron chi connectivity index (χ1n) is 6.31. The molecule has 0 fully saturated rings. The molecule has 0 spiro atoms. The van der Waals surface area contributed by atoms with Crippen LogP contribution in [0, 0.1) is 11.3 Å². The third-order valence-corrected chi connectivity index (χ3v) is 3.05. The van der Waals surface area contributed by atoms with Gasteiger partial charge >= 0.3 is 0 Å². The summed E-state index contributed by atoms with van der Waals surface area (Å²) < 4.78 is 10.7. The molecule has 0 bridgehead atoms. The molecule has 0 aliphatic carbocycles. The van der Waals surface area contributed by atoms with Gasteiger partial charge in [0.15, 0.2) is 11.5 Å². The summed E-state index contributed by atoms with van der Waals surface area (Å²) in [6.45, 7) is 5.29. The lowest BCUT2D eigenvalue weighted by Gasteiger charge is -2.19. The number of unbranched alkanes of at least 4 members (excludes halogenated alkanes) is 1. The number of ether oxygens (including phenoxy) is 2. The van der Waals surface area contributed by atoms with Gasteiger partial charge in [-0.25, -0.2) is 0 Å². The molecule has 1 aromatic rings. The summed E-state index contributed by atoms with van der Waals surface area (Å²) >= 11 is 0. The molecule has 1 aliphatic rings. The van der Waals surface area contributed by atoms with E-state index in [1.54, 1.807) is 0 Å². The van der Waals surface area contributed by atoms with E-state index in [1.807, 2.05) is 12.1 Å². The van der Waals surface area contributed by atoms with E-state index in [0.717, 1.165) is 37.6 Å². The number of hydrogen-bond acceptors (Lipinski definition) is 4. The van der Waals surface area contributed by atoms with Crippen LogP contribution in [0.25, 0.3) is 0 Å². The molecule has 0 unspecified atom stereocenters. The van der Waals surface area contributed by atoms with Gasteiger partial charge in [-0.2, -0.15) is 5.26 Å². The molecule has 18 heavy (non-hydrogen) atoms. The molecule has 2 rings (SSSR count). The summed E-state index contributed by atoms with van der Waals surface area (Å²) in [6.07, 6.45) is 1.55. The number of benzene rings is 1. The molecule has 0 amide bonds. The minimum Gasteiger partial charge on any atom is -0.454 e. The Morgan fingerprint density at radius 3 is 2.94 bits per heavy atom. The Balaban J connectivity index is 1.93. The first kappa shape index (κ1) is 12.7.